The van der Waals surface area contributed by atoms with Gasteiger partial charge in [-0.3, -0.25) is 4.79 Å². The quantitative estimate of drug-likeness (QED) is 0.444. The minimum absolute atomic E-state index is 0.461. The molecule has 1 nitrogen and oxygen atoms in total. The minimum Gasteiger partial charge on any atom is -0.300 e. The summed E-state index contributed by atoms with van der Waals surface area (Å²) in [7, 11) is 0. The number of hydrogen-bond acceptors (Lipinski definition) is 1. The summed E-state index contributed by atoms with van der Waals surface area (Å²) in [6, 6.07) is 0. The third-order valence-corrected chi connectivity index (χ3v) is 2.71. The van der Waals surface area contributed by atoms with Gasteiger partial charge in [-0.1, -0.05) is 42.1 Å². The smallest absolute Gasteiger partial charge is 0.132 e. The summed E-state index contributed by atoms with van der Waals surface area (Å²) in [5.74, 6) is 0.461. The molecule has 0 saturated heterocycles. The molecule has 2 heteroatoms. The van der Waals surface area contributed by atoms with Crippen molar-refractivity contribution in [2.75, 3.05) is 5.33 Å². The van der Waals surface area contributed by atoms with E-state index in [0.29, 0.717) is 5.78 Å². The zero-order chi connectivity index (χ0) is 9.94. The zero-order valence-corrected chi connectivity index (χ0v) is 10.2. The van der Waals surface area contributed by atoms with Crippen molar-refractivity contribution in [2.24, 2.45) is 0 Å². The highest BCUT2D eigenvalue weighted by Crippen LogP contribution is 2.07. The second-order valence-electron chi connectivity index (χ2n) is 3.50. The molecule has 0 rings (SSSR count). The van der Waals surface area contributed by atoms with Gasteiger partial charge in [-0.2, -0.15) is 0 Å². The molecule has 78 valence electrons. The maximum absolute atomic E-state index is 11.3. The van der Waals surface area contributed by atoms with Crippen molar-refractivity contribution < 1.29 is 4.79 Å². The third-order valence-electron chi connectivity index (χ3n) is 2.15. The van der Waals surface area contributed by atoms with E-state index < -0.39 is 0 Å². The molecule has 0 radical (unpaired) electrons. The Balaban J connectivity index is 3.11. The van der Waals surface area contributed by atoms with E-state index in [1.54, 1.807) is 0 Å². The number of Topliss-reactive ketones (excluding diaryl/α,β-unsaturated/α-hetero) is 1. The molecule has 0 atom stereocenters. The molecule has 0 aromatic rings. The van der Waals surface area contributed by atoms with E-state index in [1.807, 2.05) is 0 Å². The van der Waals surface area contributed by atoms with Gasteiger partial charge in [0.25, 0.3) is 0 Å². The van der Waals surface area contributed by atoms with E-state index in [4.69, 9.17) is 0 Å². The topological polar surface area (TPSA) is 17.1 Å². The number of carbonyl (C=O) groups is 1. The molecule has 13 heavy (non-hydrogen) atoms. The van der Waals surface area contributed by atoms with Crippen LogP contribution < -0.4 is 0 Å². The molecule has 0 bridgehead atoms. The third kappa shape index (κ3) is 10.1. The van der Waals surface area contributed by atoms with Crippen molar-refractivity contribution in [3.63, 3.8) is 0 Å². The normalized spacial score (nSPS) is 10.3. The summed E-state index contributed by atoms with van der Waals surface area (Å²) in [6.45, 7) is 2.17. The maximum atomic E-state index is 11.3. The molecule has 0 saturated carbocycles. The van der Waals surface area contributed by atoms with Crippen LogP contribution >= 0.6 is 15.9 Å². The number of halogens is 1. The standard InChI is InChI=1S/C11H21BrO/c1-2-3-5-8-11(13)9-6-4-7-10-12/h2-10H2,1H3. The van der Waals surface area contributed by atoms with Crippen molar-refractivity contribution in [3.8, 4) is 0 Å². The summed E-state index contributed by atoms with van der Waals surface area (Å²) >= 11 is 3.38. The highest BCUT2D eigenvalue weighted by atomic mass is 79.9. The molecule has 0 N–H and O–H groups in total. The highest BCUT2D eigenvalue weighted by molar-refractivity contribution is 9.09. The van der Waals surface area contributed by atoms with E-state index in [0.717, 1.165) is 31.0 Å². The fourth-order valence-corrected chi connectivity index (χ4v) is 1.69. The fourth-order valence-electron chi connectivity index (χ4n) is 1.29. The van der Waals surface area contributed by atoms with E-state index >= 15 is 0 Å². The molecule has 0 amide bonds. The summed E-state index contributed by atoms with van der Waals surface area (Å²) in [5.41, 5.74) is 0. The van der Waals surface area contributed by atoms with Crippen LogP contribution in [-0.2, 0) is 4.79 Å². The summed E-state index contributed by atoms with van der Waals surface area (Å²) in [6.07, 6.45) is 8.57. The van der Waals surface area contributed by atoms with Crippen molar-refractivity contribution in [1.29, 1.82) is 0 Å². The van der Waals surface area contributed by atoms with Crippen LogP contribution in [0.2, 0.25) is 0 Å². The number of carbonyl (C=O) groups excluding carboxylic acids is 1. The van der Waals surface area contributed by atoms with Crippen molar-refractivity contribution in [2.45, 2.75) is 58.3 Å². The highest BCUT2D eigenvalue weighted by Gasteiger charge is 2.00. The first kappa shape index (κ1) is 13.2. The van der Waals surface area contributed by atoms with Crippen LogP contribution in [0.3, 0.4) is 0 Å². The molecular formula is C11H21BrO. The molecule has 0 aromatic heterocycles. The number of unbranched alkanes of at least 4 members (excludes halogenated alkanes) is 4. The van der Waals surface area contributed by atoms with Gasteiger partial charge in [0.1, 0.15) is 5.78 Å². The average molecular weight is 249 g/mol. The van der Waals surface area contributed by atoms with E-state index in [-0.39, 0.29) is 0 Å². The predicted octanol–water partition coefficient (Wildman–Crippen LogP) is 4.09. The van der Waals surface area contributed by atoms with E-state index in [1.165, 1.54) is 25.7 Å². The van der Waals surface area contributed by atoms with Crippen LogP contribution in [-0.4, -0.2) is 11.1 Å². The molecule has 0 aliphatic carbocycles. The molecular weight excluding hydrogens is 228 g/mol. The Labute approximate surface area is 90.4 Å². The largest absolute Gasteiger partial charge is 0.300 e. The lowest BCUT2D eigenvalue weighted by atomic mass is 10.1. The Hall–Kier alpha value is 0.150. The molecule has 0 unspecified atom stereocenters. The molecule has 0 aliphatic rings. The minimum atomic E-state index is 0.461. The Bertz CT molecular complexity index is 123. The first-order chi connectivity index (χ1) is 6.31. The molecule has 0 aliphatic heterocycles. The number of alkyl halides is 1. The van der Waals surface area contributed by atoms with Crippen molar-refractivity contribution >= 4 is 21.7 Å². The van der Waals surface area contributed by atoms with Gasteiger partial charge in [0.2, 0.25) is 0 Å². The second-order valence-corrected chi connectivity index (χ2v) is 4.29. The van der Waals surface area contributed by atoms with Gasteiger partial charge in [0.05, 0.1) is 0 Å². The number of ketones is 1. The van der Waals surface area contributed by atoms with Crippen molar-refractivity contribution in [3.05, 3.63) is 0 Å². The first-order valence-electron chi connectivity index (χ1n) is 5.39. The van der Waals surface area contributed by atoms with Gasteiger partial charge in [-0.05, 0) is 19.3 Å². The Kier molecular flexibility index (Phi) is 10.4. The lowest BCUT2D eigenvalue weighted by molar-refractivity contribution is -0.119. The maximum Gasteiger partial charge on any atom is 0.132 e. The SMILES string of the molecule is CCCCCC(=O)CCCCCBr. The van der Waals surface area contributed by atoms with Crippen LogP contribution in [0.5, 0.6) is 0 Å². The second kappa shape index (κ2) is 10.2. The molecule has 0 aromatic carbocycles. The number of hydrogen-bond donors (Lipinski definition) is 0. The molecule has 0 heterocycles. The van der Waals surface area contributed by atoms with Crippen LogP contribution in [0, 0.1) is 0 Å². The number of rotatable bonds is 9. The summed E-state index contributed by atoms with van der Waals surface area (Å²) in [5, 5.41) is 1.07. The average Bonchev–Trinajstić information content (AvgIpc) is 2.13. The van der Waals surface area contributed by atoms with Gasteiger partial charge in [-0.15, -0.1) is 0 Å². The Morgan fingerprint density at radius 2 is 1.62 bits per heavy atom. The van der Waals surface area contributed by atoms with Gasteiger partial charge in [-0.25, -0.2) is 0 Å². The van der Waals surface area contributed by atoms with Gasteiger partial charge in [0.15, 0.2) is 0 Å². The fraction of sp³-hybridized carbons (Fsp3) is 0.909. The van der Waals surface area contributed by atoms with Crippen LogP contribution in [0.15, 0.2) is 0 Å². The first-order valence-corrected chi connectivity index (χ1v) is 6.51. The monoisotopic (exact) mass is 248 g/mol. The lowest BCUT2D eigenvalue weighted by Crippen LogP contribution is -1.97. The Morgan fingerprint density at radius 3 is 2.15 bits per heavy atom. The Morgan fingerprint density at radius 1 is 1.00 bits per heavy atom. The van der Waals surface area contributed by atoms with Gasteiger partial charge >= 0.3 is 0 Å². The zero-order valence-electron chi connectivity index (χ0n) is 8.65. The van der Waals surface area contributed by atoms with Gasteiger partial charge in [0, 0.05) is 18.2 Å². The van der Waals surface area contributed by atoms with Gasteiger partial charge < -0.3 is 0 Å². The lowest BCUT2D eigenvalue weighted by Gasteiger charge is -1.99. The predicted molar refractivity (Wildman–Crippen MR) is 61.4 cm³/mol. The van der Waals surface area contributed by atoms with E-state index in [2.05, 4.69) is 22.9 Å². The van der Waals surface area contributed by atoms with Crippen LogP contribution in [0.4, 0.5) is 0 Å². The molecule has 0 fully saturated rings. The molecule has 0 spiro atoms. The van der Waals surface area contributed by atoms with Crippen LogP contribution in [0.25, 0.3) is 0 Å². The van der Waals surface area contributed by atoms with Crippen molar-refractivity contribution in [1.82, 2.24) is 0 Å². The summed E-state index contributed by atoms with van der Waals surface area (Å²) < 4.78 is 0. The van der Waals surface area contributed by atoms with E-state index in [9.17, 15) is 4.79 Å². The van der Waals surface area contributed by atoms with Crippen LogP contribution in [0.1, 0.15) is 58.3 Å². The summed E-state index contributed by atoms with van der Waals surface area (Å²) in [4.78, 5) is 11.3.